The van der Waals surface area contributed by atoms with Crippen molar-refractivity contribution in [2.45, 2.75) is 25.8 Å². The quantitative estimate of drug-likeness (QED) is 0.877. The molecule has 1 aliphatic carbocycles. The summed E-state index contributed by atoms with van der Waals surface area (Å²) in [5.41, 5.74) is 1.74. The van der Waals surface area contributed by atoms with E-state index < -0.39 is 0 Å². The van der Waals surface area contributed by atoms with Gasteiger partial charge in [-0.2, -0.15) is 5.26 Å². The van der Waals surface area contributed by atoms with Crippen LogP contribution in [0.2, 0.25) is 0 Å². The van der Waals surface area contributed by atoms with Crippen molar-refractivity contribution in [3.8, 4) is 6.07 Å². The highest BCUT2D eigenvalue weighted by Crippen LogP contribution is 2.26. The fourth-order valence-electron chi connectivity index (χ4n) is 2.10. The Bertz CT molecular complexity index is 449. The summed E-state index contributed by atoms with van der Waals surface area (Å²) in [6.07, 6.45) is 2.71. The zero-order valence-electron chi connectivity index (χ0n) is 10.6. The van der Waals surface area contributed by atoms with Crippen molar-refractivity contribution in [1.82, 2.24) is 4.90 Å². The van der Waals surface area contributed by atoms with Crippen molar-refractivity contribution in [2.24, 2.45) is 0 Å². The molecule has 0 aliphatic heterocycles. The predicted octanol–water partition coefficient (Wildman–Crippen LogP) is 3.22. The molecule has 96 valence electrons. The van der Waals surface area contributed by atoms with E-state index in [-0.39, 0.29) is 0 Å². The van der Waals surface area contributed by atoms with Crippen molar-refractivity contribution in [2.75, 3.05) is 25.0 Å². The van der Waals surface area contributed by atoms with Crippen LogP contribution in [-0.4, -0.2) is 30.6 Å². The van der Waals surface area contributed by atoms with E-state index in [2.05, 4.69) is 39.1 Å². The van der Waals surface area contributed by atoms with Gasteiger partial charge in [0.05, 0.1) is 11.6 Å². The highest BCUT2D eigenvalue weighted by atomic mass is 79.9. The highest BCUT2D eigenvalue weighted by molar-refractivity contribution is 9.10. The Balaban J connectivity index is 1.84. The minimum Gasteiger partial charge on any atom is -0.383 e. The molecule has 0 unspecified atom stereocenters. The zero-order valence-corrected chi connectivity index (χ0v) is 12.2. The maximum atomic E-state index is 8.80. The van der Waals surface area contributed by atoms with Crippen LogP contribution in [0.1, 0.15) is 25.3 Å². The Morgan fingerprint density at radius 3 is 2.83 bits per heavy atom. The van der Waals surface area contributed by atoms with Gasteiger partial charge in [-0.25, -0.2) is 0 Å². The highest BCUT2D eigenvalue weighted by Gasteiger charge is 2.27. The summed E-state index contributed by atoms with van der Waals surface area (Å²) in [5.74, 6) is 0. The van der Waals surface area contributed by atoms with Gasteiger partial charge in [0, 0.05) is 29.3 Å². The molecule has 4 heteroatoms. The van der Waals surface area contributed by atoms with Crippen LogP contribution in [0.15, 0.2) is 22.7 Å². The first-order valence-corrected chi connectivity index (χ1v) is 7.21. The van der Waals surface area contributed by atoms with E-state index in [9.17, 15) is 0 Å². The normalized spacial score (nSPS) is 14.6. The molecule has 0 radical (unpaired) electrons. The minimum atomic E-state index is 0.681. The molecule has 1 saturated carbocycles. The monoisotopic (exact) mass is 307 g/mol. The van der Waals surface area contributed by atoms with Gasteiger partial charge < -0.3 is 5.32 Å². The van der Waals surface area contributed by atoms with Gasteiger partial charge in [-0.05, 0) is 53.5 Å². The lowest BCUT2D eigenvalue weighted by Gasteiger charge is -2.20. The van der Waals surface area contributed by atoms with Gasteiger partial charge in [-0.15, -0.1) is 0 Å². The van der Waals surface area contributed by atoms with Crippen molar-refractivity contribution in [3.05, 3.63) is 28.2 Å². The van der Waals surface area contributed by atoms with Crippen molar-refractivity contribution in [3.63, 3.8) is 0 Å². The van der Waals surface area contributed by atoms with Crippen LogP contribution < -0.4 is 5.32 Å². The number of nitrogens with zero attached hydrogens (tertiary/aromatic N) is 2. The van der Waals surface area contributed by atoms with E-state index in [1.165, 1.54) is 12.8 Å². The van der Waals surface area contributed by atoms with Crippen molar-refractivity contribution >= 4 is 21.6 Å². The molecule has 0 heterocycles. The molecule has 0 aromatic heterocycles. The average molecular weight is 308 g/mol. The second-order valence-electron chi connectivity index (χ2n) is 4.59. The molecule has 0 amide bonds. The Morgan fingerprint density at radius 1 is 1.50 bits per heavy atom. The van der Waals surface area contributed by atoms with Gasteiger partial charge in [0.2, 0.25) is 0 Å². The minimum absolute atomic E-state index is 0.681. The van der Waals surface area contributed by atoms with E-state index in [1.54, 1.807) is 0 Å². The maximum absolute atomic E-state index is 8.80. The van der Waals surface area contributed by atoms with Crippen LogP contribution in [-0.2, 0) is 0 Å². The first-order valence-electron chi connectivity index (χ1n) is 6.42. The lowest BCUT2D eigenvalue weighted by molar-refractivity contribution is 0.289. The number of anilines is 1. The molecular weight excluding hydrogens is 290 g/mol. The smallest absolute Gasteiger partial charge is 0.0992 e. The summed E-state index contributed by atoms with van der Waals surface area (Å²) in [6.45, 7) is 5.36. The van der Waals surface area contributed by atoms with E-state index in [0.717, 1.165) is 35.8 Å². The van der Waals surface area contributed by atoms with Gasteiger partial charge >= 0.3 is 0 Å². The van der Waals surface area contributed by atoms with Crippen LogP contribution in [0.3, 0.4) is 0 Å². The second-order valence-corrected chi connectivity index (χ2v) is 5.45. The summed E-state index contributed by atoms with van der Waals surface area (Å²) in [4.78, 5) is 2.52. The number of likely N-dealkylation sites (N-methyl/N-ethyl adjacent to an activating group) is 1. The van der Waals surface area contributed by atoms with Gasteiger partial charge in [0.15, 0.2) is 0 Å². The Morgan fingerprint density at radius 2 is 2.28 bits per heavy atom. The largest absolute Gasteiger partial charge is 0.383 e. The molecule has 1 aromatic carbocycles. The van der Waals surface area contributed by atoms with Gasteiger partial charge in [0.25, 0.3) is 0 Å². The molecule has 1 N–H and O–H groups in total. The molecule has 1 fully saturated rings. The number of rotatable bonds is 6. The molecule has 0 saturated heterocycles. The van der Waals surface area contributed by atoms with Gasteiger partial charge in [0.1, 0.15) is 0 Å². The van der Waals surface area contributed by atoms with Crippen LogP contribution in [0.25, 0.3) is 0 Å². The van der Waals surface area contributed by atoms with Crippen LogP contribution >= 0.6 is 15.9 Å². The molecule has 0 atom stereocenters. The summed E-state index contributed by atoms with van der Waals surface area (Å²) in [5, 5.41) is 12.2. The van der Waals surface area contributed by atoms with Gasteiger partial charge in [-0.1, -0.05) is 6.92 Å². The third-order valence-corrected chi connectivity index (χ3v) is 3.94. The summed E-state index contributed by atoms with van der Waals surface area (Å²) >= 11 is 3.49. The molecule has 3 nitrogen and oxygen atoms in total. The fraction of sp³-hybridized carbons (Fsp3) is 0.500. The Kier molecular flexibility index (Phi) is 4.62. The number of nitriles is 1. The molecule has 18 heavy (non-hydrogen) atoms. The average Bonchev–Trinajstić information content (AvgIpc) is 3.20. The van der Waals surface area contributed by atoms with E-state index >= 15 is 0 Å². The summed E-state index contributed by atoms with van der Waals surface area (Å²) in [6, 6.07) is 8.60. The molecule has 0 bridgehead atoms. The summed E-state index contributed by atoms with van der Waals surface area (Å²) < 4.78 is 0.955. The van der Waals surface area contributed by atoms with Gasteiger partial charge in [-0.3, -0.25) is 4.90 Å². The third-order valence-electron chi connectivity index (χ3n) is 3.28. The second kappa shape index (κ2) is 6.21. The number of nitrogens with one attached hydrogen (secondary N) is 1. The molecule has 1 aliphatic rings. The zero-order chi connectivity index (χ0) is 13.0. The number of hydrogen-bond donors (Lipinski definition) is 1. The molecular formula is C14H18BrN3. The number of halogens is 1. The Hall–Kier alpha value is -1.05. The van der Waals surface area contributed by atoms with Crippen LogP contribution in [0, 0.1) is 11.3 Å². The van der Waals surface area contributed by atoms with Crippen LogP contribution in [0.4, 0.5) is 5.69 Å². The number of hydrogen-bond acceptors (Lipinski definition) is 3. The topological polar surface area (TPSA) is 39.1 Å². The lowest BCUT2D eigenvalue weighted by Crippen LogP contribution is -2.30. The number of benzene rings is 1. The lowest BCUT2D eigenvalue weighted by atomic mass is 10.2. The standard InChI is InChI=1S/C14H18BrN3/c1-2-18(12-4-5-12)8-7-17-14-6-3-11(10-16)9-13(14)15/h3,6,9,12,17H,2,4-5,7-8H2,1H3. The van der Waals surface area contributed by atoms with E-state index in [1.807, 2.05) is 18.2 Å². The first-order chi connectivity index (χ1) is 8.74. The first kappa shape index (κ1) is 13.4. The Labute approximate surface area is 117 Å². The molecule has 2 rings (SSSR count). The molecule has 1 aromatic rings. The van der Waals surface area contributed by atoms with Crippen molar-refractivity contribution < 1.29 is 0 Å². The predicted molar refractivity (Wildman–Crippen MR) is 77.6 cm³/mol. The van der Waals surface area contributed by atoms with E-state index in [0.29, 0.717) is 5.56 Å². The van der Waals surface area contributed by atoms with Crippen molar-refractivity contribution in [1.29, 1.82) is 5.26 Å². The SMILES string of the molecule is CCN(CCNc1ccc(C#N)cc1Br)C1CC1. The third kappa shape index (κ3) is 3.47. The summed E-state index contributed by atoms with van der Waals surface area (Å²) in [7, 11) is 0. The fourth-order valence-corrected chi connectivity index (χ4v) is 2.62. The van der Waals surface area contributed by atoms with E-state index in [4.69, 9.17) is 5.26 Å². The van der Waals surface area contributed by atoms with Crippen LogP contribution in [0.5, 0.6) is 0 Å². The maximum Gasteiger partial charge on any atom is 0.0992 e. The molecule has 0 spiro atoms.